The van der Waals surface area contributed by atoms with E-state index < -0.39 is 59.9 Å². The minimum absolute atomic E-state index is 0.240. The fourth-order valence-corrected chi connectivity index (χ4v) is 7.95. The number of nitrogens with one attached hydrogen (secondary N) is 1. The van der Waals surface area contributed by atoms with Gasteiger partial charge < -0.3 is 35.2 Å². The Bertz CT molecular complexity index is 1080. The van der Waals surface area contributed by atoms with Crippen molar-refractivity contribution in [3.63, 3.8) is 0 Å². The lowest BCUT2D eigenvalue weighted by molar-refractivity contribution is -0.298. The molecule has 7 atom stereocenters. The van der Waals surface area contributed by atoms with Crippen LogP contribution >= 0.6 is 0 Å². The number of unbranched alkanes of at least 4 members (excludes halogenated alkanes) is 25. The van der Waals surface area contributed by atoms with Crippen molar-refractivity contribution in [2.75, 3.05) is 13.2 Å². The van der Waals surface area contributed by atoms with E-state index in [1.54, 1.807) is 0 Å². The smallest absolute Gasteiger partial charge is 0.394 e. The standard InChI is InChI=1S/C44H85NO11S/c1-3-5-7-9-11-13-15-16-17-18-19-20-21-22-24-25-27-29-31-33-38(47)37(45-40(48)34-32-30-28-26-23-14-12-10-8-6-4-2)36-54-44-42(50)43(56-57(51,52)53)41(49)39(35-46)55-44/h10,12,37-39,41-44,46-47,49-50H,3-9,11,13-36H2,1-2H3,(H,45,48)(H,51,52,53)/b12-10-. The van der Waals surface area contributed by atoms with Crippen molar-refractivity contribution in [3.8, 4) is 0 Å². The molecule has 0 aliphatic carbocycles. The van der Waals surface area contributed by atoms with E-state index in [4.69, 9.17) is 9.47 Å². The number of hydrogen-bond donors (Lipinski definition) is 6. The molecule has 0 saturated carbocycles. The van der Waals surface area contributed by atoms with Crippen molar-refractivity contribution in [2.24, 2.45) is 0 Å². The largest absolute Gasteiger partial charge is 0.397 e. The van der Waals surface area contributed by atoms with Crippen LogP contribution in [0.2, 0.25) is 0 Å². The maximum Gasteiger partial charge on any atom is 0.397 e. The fourth-order valence-electron chi connectivity index (χ4n) is 7.44. The molecule has 0 spiro atoms. The Kier molecular flexibility index (Phi) is 33.6. The van der Waals surface area contributed by atoms with Gasteiger partial charge in [-0.3, -0.25) is 9.35 Å². The van der Waals surface area contributed by atoms with Crippen LogP contribution in [-0.4, -0.2) is 95.4 Å². The summed E-state index contributed by atoms with van der Waals surface area (Å²) in [5, 5.41) is 44.8. The third-order valence-corrected chi connectivity index (χ3v) is 11.5. The number of allylic oxidation sites excluding steroid dienone is 2. The first-order valence-electron chi connectivity index (χ1n) is 23.1. The van der Waals surface area contributed by atoms with Gasteiger partial charge in [0.2, 0.25) is 5.91 Å². The Morgan fingerprint density at radius 3 is 1.63 bits per heavy atom. The van der Waals surface area contributed by atoms with Crippen molar-refractivity contribution in [1.82, 2.24) is 5.32 Å². The van der Waals surface area contributed by atoms with E-state index in [2.05, 4.69) is 35.5 Å². The zero-order valence-corrected chi connectivity index (χ0v) is 36.7. The van der Waals surface area contributed by atoms with Gasteiger partial charge in [-0.2, -0.15) is 8.42 Å². The Labute approximate surface area is 347 Å². The van der Waals surface area contributed by atoms with Gasteiger partial charge in [0.1, 0.15) is 24.4 Å². The van der Waals surface area contributed by atoms with Gasteiger partial charge in [0.15, 0.2) is 6.29 Å². The molecule has 1 rings (SSSR count). The quantitative estimate of drug-likeness (QED) is 0.0197. The molecule has 7 unspecified atom stereocenters. The number of amides is 1. The van der Waals surface area contributed by atoms with Gasteiger partial charge in [0, 0.05) is 6.42 Å². The molecule has 1 fully saturated rings. The van der Waals surface area contributed by atoms with E-state index in [1.165, 1.54) is 109 Å². The molecule has 1 saturated heterocycles. The summed E-state index contributed by atoms with van der Waals surface area (Å²) in [6.07, 6.45) is 29.3. The Morgan fingerprint density at radius 1 is 0.684 bits per heavy atom. The minimum Gasteiger partial charge on any atom is -0.394 e. The second-order valence-electron chi connectivity index (χ2n) is 16.3. The van der Waals surface area contributed by atoms with E-state index in [9.17, 15) is 38.2 Å². The van der Waals surface area contributed by atoms with Crippen LogP contribution in [0.15, 0.2) is 12.2 Å². The van der Waals surface area contributed by atoms with Crippen molar-refractivity contribution < 1.29 is 51.8 Å². The summed E-state index contributed by atoms with van der Waals surface area (Å²) in [5.41, 5.74) is 0. The Hall–Kier alpha value is -1.16. The number of carbonyl (C=O) groups excluding carboxylic acids is 1. The molecular formula is C44H85NO11S. The molecule has 1 amide bonds. The van der Waals surface area contributed by atoms with Crippen LogP contribution in [0, 0.1) is 0 Å². The van der Waals surface area contributed by atoms with E-state index >= 15 is 0 Å². The number of ether oxygens (including phenoxy) is 2. The molecule has 1 aliphatic heterocycles. The summed E-state index contributed by atoms with van der Waals surface area (Å²) >= 11 is 0. The molecule has 338 valence electrons. The summed E-state index contributed by atoms with van der Waals surface area (Å²) in [6, 6.07) is -0.858. The van der Waals surface area contributed by atoms with Gasteiger partial charge in [-0.1, -0.05) is 180 Å². The first-order valence-corrected chi connectivity index (χ1v) is 24.4. The molecule has 6 N–H and O–H groups in total. The van der Waals surface area contributed by atoms with Crippen LogP contribution < -0.4 is 5.32 Å². The highest BCUT2D eigenvalue weighted by Gasteiger charge is 2.48. The lowest BCUT2D eigenvalue weighted by atomic mass is 9.99. The monoisotopic (exact) mass is 836 g/mol. The first kappa shape index (κ1) is 53.9. The molecule has 12 nitrogen and oxygen atoms in total. The molecule has 0 aromatic rings. The van der Waals surface area contributed by atoms with Crippen LogP contribution in [0.3, 0.4) is 0 Å². The highest BCUT2D eigenvalue weighted by Crippen LogP contribution is 2.26. The SMILES string of the molecule is CCCC/C=C\CCCCCCCC(=O)NC(COC1OC(CO)C(O)C(OS(=O)(=O)O)C1O)C(O)CCCCCCCCCCCCCCCCCCCCC. The summed E-state index contributed by atoms with van der Waals surface area (Å²) in [7, 11) is -5.07. The molecular weight excluding hydrogens is 751 g/mol. The van der Waals surface area contributed by atoms with Gasteiger partial charge in [0.25, 0.3) is 0 Å². The van der Waals surface area contributed by atoms with Crippen molar-refractivity contribution in [2.45, 2.75) is 249 Å². The number of aliphatic hydroxyl groups excluding tert-OH is 4. The first-order chi connectivity index (χ1) is 27.5. The molecule has 13 heteroatoms. The molecule has 0 radical (unpaired) electrons. The highest BCUT2D eigenvalue weighted by atomic mass is 32.3. The summed E-state index contributed by atoms with van der Waals surface area (Å²) in [4.78, 5) is 13.0. The van der Waals surface area contributed by atoms with E-state index in [-0.39, 0.29) is 18.9 Å². The summed E-state index contributed by atoms with van der Waals surface area (Å²) in [6.45, 7) is 3.40. The summed E-state index contributed by atoms with van der Waals surface area (Å²) < 4.78 is 47.6. The van der Waals surface area contributed by atoms with E-state index in [0.29, 0.717) is 12.8 Å². The zero-order chi connectivity index (χ0) is 42.0. The maximum atomic E-state index is 13.0. The number of hydrogen-bond acceptors (Lipinski definition) is 10. The van der Waals surface area contributed by atoms with Crippen molar-refractivity contribution in [1.29, 1.82) is 0 Å². The summed E-state index contributed by atoms with van der Waals surface area (Å²) in [5.74, 6) is -0.240. The highest BCUT2D eigenvalue weighted by molar-refractivity contribution is 7.80. The van der Waals surface area contributed by atoms with Crippen molar-refractivity contribution >= 4 is 16.3 Å². The second kappa shape index (κ2) is 35.6. The molecule has 0 aromatic carbocycles. The van der Waals surface area contributed by atoms with Gasteiger partial charge in [-0.05, 0) is 32.1 Å². The number of aliphatic hydroxyl groups is 4. The molecule has 0 bridgehead atoms. The minimum atomic E-state index is -5.07. The predicted molar refractivity (Wildman–Crippen MR) is 227 cm³/mol. The number of rotatable bonds is 39. The van der Waals surface area contributed by atoms with Gasteiger partial charge in [0.05, 0.1) is 25.4 Å². The normalized spacial score (nSPS) is 21.3. The predicted octanol–water partition coefficient (Wildman–Crippen LogP) is 8.77. The van der Waals surface area contributed by atoms with Crippen LogP contribution in [0.4, 0.5) is 0 Å². The van der Waals surface area contributed by atoms with E-state index in [0.717, 1.165) is 64.2 Å². The molecule has 1 heterocycles. The number of carbonyl (C=O) groups is 1. The maximum absolute atomic E-state index is 13.0. The molecule has 0 aromatic heterocycles. The van der Waals surface area contributed by atoms with Crippen LogP contribution in [-0.2, 0) is 28.9 Å². The van der Waals surface area contributed by atoms with Crippen LogP contribution in [0.1, 0.15) is 206 Å². The van der Waals surface area contributed by atoms with Gasteiger partial charge in [-0.15, -0.1) is 0 Å². The molecule has 1 aliphatic rings. The Morgan fingerprint density at radius 2 is 1.14 bits per heavy atom. The van der Waals surface area contributed by atoms with Gasteiger partial charge >= 0.3 is 10.4 Å². The second-order valence-corrected chi connectivity index (χ2v) is 17.4. The molecule has 57 heavy (non-hydrogen) atoms. The van der Waals surface area contributed by atoms with E-state index in [1.807, 2.05) is 0 Å². The van der Waals surface area contributed by atoms with Crippen LogP contribution in [0.5, 0.6) is 0 Å². The third kappa shape index (κ3) is 28.9. The van der Waals surface area contributed by atoms with Gasteiger partial charge in [-0.25, -0.2) is 4.18 Å². The average molecular weight is 836 g/mol. The Balaban J connectivity index is 2.47. The van der Waals surface area contributed by atoms with Crippen LogP contribution in [0.25, 0.3) is 0 Å². The van der Waals surface area contributed by atoms with Crippen molar-refractivity contribution in [3.05, 3.63) is 12.2 Å². The average Bonchev–Trinajstić information content (AvgIpc) is 3.18. The lowest BCUT2D eigenvalue weighted by Crippen LogP contribution is -2.61. The third-order valence-electron chi connectivity index (χ3n) is 11.1. The zero-order valence-electron chi connectivity index (χ0n) is 35.9. The lowest BCUT2D eigenvalue weighted by Gasteiger charge is -2.41. The topological polar surface area (TPSA) is 192 Å². The fraction of sp³-hybridized carbons (Fsp3) is 0.932.